The maximum atomic E-state index is 13.0. The highest BCUT2D eigenvalue weighted by atomic mass is 35.5. The van der Waals surface area contributed by atoms with Crippen molar-refractivity contribution < 1.29 is 18.3 Å². The molecule has 0 bridgehead atoms. The van der Waals surface area contributed by atoms with Gasteiger partial charge in [-0.3, -0.25) is 19.1 Å². The molecule has 0 saturated carbocycles. The molecule has 8 nitrogen and oxygen atoms in total. The number of carbonyl (C=O) groups is 1. The molecular weight excluding hydrogens is 434 g/mol. The monoisotopic (exact) mass is 452 g/mol. The van der Waals surface area contributed by atoms with Crippen molar-refractivity contribution in [3.05, 3.63) is 61.4 Å². The molecule has 0 aliphatic heterocycles. The van der Waals surface area contributed by atoms with Crippen molar-refractivity contribution in [2.45, 2.75) is 39.8 Å². The van der Waals surface area contributed by atoms with E-state index in [0.29, 0.717) is 5.69 Å². The fourth-order valence-electron chi connectivity index (χ4n) is 3.03. The Balaban J connectivity index is 2.11. The number of halogens is 3. The minimum atomic E-state index is -3.04. The van der Waals surface area contributed by atoms with E-state index in [-0.39, 0.29) is 45.5 Å². The summed E-state index contributed by atoms with van der Waals surface area (Å²) in [5, 5.41) is 2.42. The average molecular weight is 453 g/mol. The van der Waals surface area contributed by atoms with Gasteiger partial charge in [0, 0.05) is 17.9 Å². The van der Waals surface area contributed by atoms with Gasteiger partial charge in [0.15, 0.2) is 5.65 Å². The lowest BCUT2D eigenvalue weighted by molar-refractivity contribution is -0.0497. The van der Waals surface area contributed by atoms with Crippen LogP contribution in [-0.4, -0.2) is 27.1 Å². The summed E-state index contributed by atoms with van der Waals surface area (Å²) in [4.78, 5) is 44.4. The molecule has 1 amide bonds. The third-order valence-corrected chi connectivity index (χ3v) is 4.82. The van der Waals surface area contributed by atoms with Gasteiger partial charge in [-0.25, -0.2) is 9.78 Å². The zero-order valence-corrected chi connectivity index (χ0v) is 17.6. The topological polar surface area (TPSA) is 106 Å². The molecule has 0 aliphatic rings. The van der Waals surface area contributed by atoms with Gasteiger partial charge in [0.05, 0.1) is 16.0 Å². The lowest BCUT2D eigenvalue weighted by Crippen LogP contribution is -2.32. The third-order valence-electron chi connectivity index (χ3n) is 4.53. The van der Waals surface area contributed by atoms with Crippen LogP contribution in [0.1, 0.15) is 42.7 Å². The Kier molecular flexibility index (Phi) is 6.40. The summed E-state index contributed by atoms with van der Waals surface area (Å²) in [6.45, 7) is 2.63. The SMILES string of the molecule is CCn1c(=O)[nH]c(=O)c2c(C(=O)Nc3ccc(OC(F)F)c(Cl)c3)cc(C(C)C)nc21. The summed E-state index contributed by atoms with van der Waals surface area (Å²) in [7, 11) is 0. The molecule has 164 valence electrons. The predicted molar refractivity (Wildman–Crippen MR) is 112 cm³/mol. The second-order valence-corrected chi connectivity index (χ2v) is 7.34. The molecule has 0 fully saturated rings. The van der Waals surface area contributed by atoms with Crippen LogP contribution in [0.15, 0.2) is 33.9 Å². The van der Waals surface area contributed by atoms with E-state index in [1.165, 1.54) is 28.8 Å². The van der Waals surface area contributed by atoms with E-state index in [0.717, 1.165) is 0 Å². The van der Waals surface area contributed by atoms with E-state index in [2.05, 4.69) is 20.0 Å². The molecule has 11 heteroatoms. The van der Waals surface area contributed by atoms with Crippen molar-refractivity contribution >= 4 is 34.2 Å². The maximum absolute atomic E-state index is 13.0. The van der Waals surface area contributed by atoms with E-state index in [4.69, 9.17) is 11.6 Å². The zero-order chi connectivity index (χ0) is 22.9. The molecule has 0 atom stereocenters. The fraction of sp³-hybridized carbons (Fsp3) is 0.300. The van der Waals surface area contributed by atoms with E-state index in [1.54, 1.807) is 6.92 Å². The molecule has 2 N–H and O–H groups in total. The number of aromatic amines is 1. The van der Waals surface area contributed by atoms with E-state index >= 15 is 0 Å². The van der Waals surface area contributed by atoms with Gasteiger partial charge in [-0.2, -0.15) is 8.78 Å². The Hall–Kier alpha value is -3.27. The molecule has 2 aromatic heterocycles. The highest BCUT2D eigenvalue weighted by molar-refractivity contribution is 6.32. The number of ether oxygens (including phenoxy) is 1. The Morgan fingerprint density at radius 3 is 2.58 bits per heavy atom. The molecule has 0 aliphatic carbocycles. The number of rotatable bonds is 6. The molecule has 3 aromatic rings. The molecule has 0 unspecified atom stereocenters. The van der Waals surface area contributed by atoms with Crippen LogP contribution in [0.5, 0.6) is 5.75 Å². The van der Waals surface area contributed by atoms with Crippen LogP contribution in [-0.2, 0) is 6.54 Å². The van der Waals surface area contributed by atoms with Crippen LogP contribution in [0.3, 0.4) is 0 Å². The number of carbonyl (C=O) groups excluding carboxylic acids is 1. The van der Waals surface area contributed by atoms with Crippen LogP contribution in [0.25, 0.3) is 11.0 Å². The number of aryl methyl sites for hydroxylation is 1. The first-order valence-corrected chi connectivity index (χ1v) is 9.73. The van der Waals surface area contributed by atoms with Crippen LogP contribution in [0.4, 0.5) is 14.5 Å². The van der Waals surface area contributed by atoms with Gasteiger partial charge in [-0.05, 0) is 37.1 Å². The molecular formula is C20H19ClF2N4O4. The van der Waals surface area contributed by atoms with Gasteiger partial charge >= 0.3 is 12.3 Å². The standard InChI is InChI=1S/C20H19ClF2N4O4/c1-4-27-16-15(18(29)26-20(27)30)11(8-13(25-16)9(2)3)17(28)24-10-5-6-14(12(21)7-10)31-19(22)23/h5-9,19H,4H2,1-3H3,(H,24,28)(H,26,29,30). The van der Waals surface area contributed by atoms with Crippen LogP contribution in [0.2, 0.25) is 5.02 Å². The number of alkyl halides is 2. The summed E-state index contributed by atoms with van der Waals surface area (Å²) in [6.07, 6.45) is 0. The van der Waals surface area contributed by atoms with Gasteiger partial charge < -0.3 is 10.1 Å². The minimum absolute atomic E-state index is 0.0150. The molecule has 1 aromatic carbocycles. The second kappa shape index (κ2) is 8.84. The summed E-state index contributed by atoms with van der Waals surface area (Å²) in [5.74, 6) is -0.981. The van der Waals surface area contributed by atoms with E-state index in [1.807, 2.05) is 13.8 Å². The normalized spacial score (nSPS) is 11.4. The Morgan fingerprint density at radius 2 is 2.00 bits per heavy atom. The summed E-state index contributed by atoms with van der Waals surface area (Å²) >= 11 is 5.93. The molecule has 0 spiro atoms. The maximum Gasteiger partial charge on any atom is 0.387 e. The first-order valence-electron chi connectivity index (χ1n) is 9.35. The quantitative estimate of drug-likeness (QED) is 0.592. The largest absolute Gasteiger partial charge is 0.433 e. The summed E-state index contributed by atoms with van der Waals surface area (Å²) in [6, 6.07) is 5.25. The average Bonchev–Trinajstić information content (AvgIpc) is 2.69. The molecule has 0 radical (unpaired) electrons. The number of aromatic nitrogens is 3. The van der Waals surface area contributed by atoms with Gasteiger partial charge in [-0.1, -0.05) is 25.4 Å². The number of anilines is 1. The number of H-pyrrole nitrogens is 1. The number of fused-ring (bicyclic) bond motifs is 1. The number of hydrogen-bond donors (Lipinski definition) is 2. The minimum Gasteiger partial charge on any atom is -0.433 e. The third kappa shape index (κ3) is 4.58. The van der Waals surface area contributed by atoms with E-state index in [9.17, 15) is 23.2 Å². The van der Waals surface area contributed by atoms with Gasteiger partial charge in [-0.15, -0.1) is 0 Å². The van der Waals surface area contributed by atoms with Crippen molar-refractivity contribution in [1.29, 1.82) is 0 Å². The van der Waals surface area contributed by atoms with Gasteiger partial charge in [0.2, 0.25) is 0 Å². The Labute approximate surface area is 179 Å². The first-order chi connectivity index (χ1) is 14.6. The fourth-order valence-corrected chi connectivity index (χ4v) is 3.26. The molecule has 2 heterocycles. The summed E-state index contributed by atoms with van der Waals surface area (Å²) in [5.41, 5.74) is -0.526. The zero-order valence-electron chi connectivity index (χ0n) is 16.8. The number of hydrogen-bond acceptors (Lipinski definition) is 5. The number of nitrogens with zero attached hydrogens (tertiary/aromatic N) is 2. The van der Waals surface area contributed by atoms with Crippen LogP contribution in [0, 0.1) is 0 Å². The van der Waals surface area contributed by atoms with Gasteiger partial charge in [0.1, 0.15) is 5.75 Å². The van der Waals surface area contributed by atoms with Crippen molar-refractivity contribution in [2.24, 2.45) is 0 Å². The molecule has 0 saturated heterocycles. The van der Waals surface area contributed by atoms with Crippen molar-refractivity contribution in [1.82, 2.24) is 14.5 Å². The molecule has 31 heavy (non-hydrogen) atoms. The number of amides is 1. The van der Waals surface area contributed by atoms with Gasteiger partial charge in [0.25, 0.3) is 11.5 Å². The second-order valence-electron chi connectivity index (χ2n) is 6.93. The number of nitrogens with one attached hydrogen (secondary N) is 2. The van der Waals surface area contributed by atoms with Crippen molar-refractivity contribution in [2.75, 3.05) is 5.32 Å². The highest BCUT2D eigenvalue weighted by Crippen LogP contribution is 2.29. The molecule has 3 rings (SSSR count). The lowest BCUT2D eigenvalue weighted by atomic mass is 10.0. The Bertz CT molecular complexity index is 1270. The lowest BCUT2D eigenvalue weighted by Gasteiger charge is -2.14. The first kappa shape index (κ1) is 22.4. The smallest absolute Gasteiger partial charge is 0.387 e. The summed E-state index contributed by atoms with van der Waals surface area (Å²) < 4.78 is 30.3. The number of pyridine rings is 1. The Morgan fingerprint density at radius 1 is 1.29 bits per heavy atom. The predicted octanol–water partition coefficient (Wildman–Crippen LogP) is 3.74. The van der Waals surface area contributed by atoms with Crippen LogP contribution < -0.4 is 21.3 Å². The van der Waals surface area contributed by atoms with Crippen molar-refractivity contribution in [3.8, 4) is 5.75 Å². The van der Waals surface area contributed by atoms with Crippen molar-refractivity contribution in [3.63, 3.8) is 0 Å². The number of benzene rings is 1. The van der Waals surface area contributed by atoms with Crippen LogP contribution >= 0.6 is 11.6 Å². The van der Waals surface area contributed by atoms with E-state index < -0.39 is 23.8 Å². The highest BCUT2D eigenvalue weighted by Gasteiger charge is 2.20.